The Balaban J connectivity index is 1.39. The third-order valence-corrected chi connectivity index (χ3v) is 7.26. The zero-order chi connectivity index (χ0) is 32.7. The molecule has 0 aliphatic rings. The van der Waals surface area contributed by atoms with Gasteiger partial charge in [-0.15, -0.1) is 0 Å². The van der Waals surface area contributed by atoms with Crippen LogP contribution < -0.4 is 10.9 Å². The van der Waals surface area contributed by atoms with Crippen molar-refractivity contribution in [2.75, 3.05) is 10.9 Å². The van der Waals surface area contributed by atoms with Crippen molar-refractivity contribution in [3.8, 4) is 0 Å². The van der Waals surface area contributed by atoms with Crippen LogP contribution >= 0.6 is 11.8 Å². The zero-order valence-corrected chi connectivity index (χ0v) is 24.3. The summed E-state index contributed by atoms with van der Waals surface area (Å²) in [6, 6.07) is 21.4. The van der Waals surface area contributed by atoms with Gasteiger partial charge in [0.1, 0.15) is 11.4 Å². The van der Waals surface area contributed by atoms with Gasteiger partial charge in [0.25, 0.3) is 11.4 Å². The lowest BCUT2D eigenvalue weighted by molar-refractivity contribution is -0.393. The second-order valence-electron chi connectivity index (χ2n) is 9.20. The highest BCUT2D eigenvalue weighted by Crippen LogP contribution is 2.31. The Labute approximate surface area is 258 Å². The first kappa shape index (κ1) is 31.7. The molecular formula is C28H22N8O8S. The van der Waals surface area contributed by atoms with Crippen molar-refractivity contribution < 1.29 is 19.7 Å². The van der Waals surface area contributed by atoms with E-state index < -0.39 is 42.4 Å². The third-order valence-electron chi connectivity index (χ3n) is 6.25. The lowest BCUT2D eigenvalue weighted by Crippen LogP contribution is -2.02. The van der Waals surface area contributed by atoms with Crippen LogP contribution in [0.1, 0.15) is 25.0 Å². The van der Waals surface area contributed by atoms with E-state index in [9.17, 15) is 40.5 Å². The molecule has 0 aliphatic carbocycles. The Bertz CT molecular complexity index is 1730. The maximum atomic E-state index is 11.3. The van der Waals surface area contributed by atoms with Crippen molar-refractivity contribution >= 4 is 57.3 Å². The van der Waals surface area contributed by atoms with Gasteiger partial charge >= 0.3 is 11.4 Å². The highest BCUT2D eigenvalue weighted by atomic mass is 32.2. The monoisotopic (exact) mass is 630 g/mol. The van der Waals surface area contributed by atoms with Crippen LogP contribution in [-0.4, -0.2) is 31.1 Å². The Kier molecular flexibility index (Phi) is 9.74. The molecule has 0 spiro atoms. The van der Waals surface area contributed by atoms with E-state index in [0.29, 0.717) is 11.4 Å². The summed E-state index contributed by atoms with van der Waals surface area (Å²) < 4.78 is 0. The highest BCUT2D eigenvalue weighted by Gasteiger charge is 2.20. The quantitative estimate of drug-likeness (QED) is 0.0908. The van der Waals surface area contributed by atoms with E-state index in [-0.39, 0.29) is 11.4 Å². The minimum Gasteiger partial charge on any atom is -0.271 e. The number of rotatable bonds is 12. The first-order valence-electron chi connectivity index (χ1n) is 12.8. The van der Waals surface area contributed by atoms with E-state index in [0.717, 1.165) is 45.2 Å². The Morgan fingerprint density at radius 2 is 0.911 bits per heavy atom. The summed E-state index contributed by atoms with van der Waals surface area (Å²) in [6.07, 6.45) is 0. The first-order chi connectivity index (χ1) is 21.4. The molecule has 0 aromatic heterocycles. The lowest BCUT2D eigenvalue weighted by Gasteiger charge is -2.07. The third kappa shape index (κ3) is 7.99. The van der Waals surface area contributed by atoms with E-state index in [2.05, 4.69) is 21.1 Å². The predicted molar refractivity (Wildman–Crippen MR) is 168 cm³/mol. The van der Waals surface area contributed by atoms with E-state index in [1.807, 2.05) is 48.5 Å². The SMILES string of the molecule is CC(=NNc1ccc([N+](=O)[O-])cc1[N+](=O)[O-])c1ccc(Sc2ccc(C(C)=NNc3ccc([N+](=O)[O-])cc3[N+](=O)[O-])cc2)cc1. The van der Waals surface area contributed by atoms with Crippen molar-refractivity contribution in [2.24, 2.45) is 10.2 Å². The summed E-state index contributed by atoms with van der Waals surface area (Å²) in [4.78, 5) is 43.5. The summed E-state index contributed by atoms with van der Waals surface area (Å²) in [5.74, 6) is 0. The molecule has 0 unspecified atom stereocenters. The number of non-ortho nitro benzene ring substituents is 2. The molecule has 0 fully saturated rings. The summed E-state index contributed by atoms with van der Waals surface area (Å²) in [5, 5.41) is 52.9. The van der Waals surface area contributed by atoms with E-state index >= 15 is 0 Å². The molecule has 0 radical (unpaired) electrons. The van der Waals surface area contributed by atoms with Crippen LogP contribution in [0.5, 0.6) is 0 Å². The number of nitro benzene ring substituents is 4. The van der Waals surface area contributed by atoms with Crippen LogP contribution in [0.2, 0.25) is 0 Å². The summed E-state index contributed by atoms with van der Waals surface area (Å²) in [5.41, 5.74) is 6.09. The van der Waals surface area contributed by atoms with E-state index in [4.69, 9.17) is 0 Å². The average molecular weight is 631 g/mol. The van der Waals surface area contributed by atoms with Crippen LogP contribution in [0.25, 0.3) is 0 Å². The molecule has 228 valence electrons. The molecule has 0 saturated heterocycles. The number of anilines is 2. The standard InChI is InChI=1S/C28H22N8O8S/c1-17(29-31-25-13-7-21(33(37)38)15-27(25)35(41)42)19-3-9-23(10-4-19)45-24-11-5-20(6-12-24)18(2)30-32-26-14-8-22(34(39)40)16-28(26)36(43)44/h3-16,31-32H,1-2H3. The first-order valence-corrected chi connectivity index (χ1v) is 13.6. The summed E-state index contributed by atoms with van der Waals surface area (Å²) in [6.45, 7) is 3.42. The second-order valence-corrected chi connectivity index (χ2v) is 10.3. The van der Waals surface area contributed by atoms with Gasteiger partial charge in [-0.25, -0.2) is 0 Å². The topological polar surface area (TPSA) is 221 Å². The molecule has 0 bridgehead atoms. The van der Waals surface area contributed by atoms with Gasteiger partial charge in [-0.05, 0) is 61.4 Å². The fraction of sp³-hybridized carbons (Fsp3) is 0.0714. The largest absolute Gasteiger partial charge is 0.301 e. The van der Waals surface area contributed by atoms with Gasteiger partial charge in [0.15, 0.2) is 0 Å². The summed E-state index contributed by atoms with van der Waals surface area (Å²) >= 11 is 1.50. The van der Waals surface area contributed by atoms with Crippen LogP contribution in [0.3, 0.4) is 0 Å². The molecular weight excluding hydrogens is 608 g/mol. The van der Waals surface area contributed by atoms with Crippen molar-refractivity contribution in [3.05, 3.63) is 137 Å². The molecule has 4 aromatic carbocycles. The molecule has 0 amide bonds. The van der Waals surface area contributed by atoms with Crippen molar-refractivity contribution in [1.29, 1.82) is 0 Å². The molecule has 4 rings (SSSR count). The maximum absolute atomic E-state index is 11.3. The van der Waals surface area contributed by atoms with Crippen molar-refractivity contribution in [1.82, 2.24) is 0 Å². The van der Waals surface area contributed by atoms with Gasteiger partial charge in [-0.1, -0.05) is 36.0 Å². The molecule has 4 aromatic rings. The average Bonchev–Trinajstić information content (AvgIpc) is 3.02. The smallest absolute Gasteiger partial charge is 0.271 e. The number of hydrogen-bond acceptors (Lipinski definition) is 13. The fourth-order valence-corrected chi connectivity index (χ4v) is 4.66. The van der Waals surface area contributed by atoms with Gasteiger partial charge in [-0.3, -0.25) is 51.3 Å². The molecule has 17 heteroatoms. The number of hydrazone groups is 2. The molecule has 16 nitrogen and oxygen atoms in total. The fourth-order valence-electron chi connectivity index (χ4n) is 3.84. The van der Waals surface area contributed by atoms with E-state index in [1.165, 1.54) is 23.9 Å². The normalized spacial score (nSPS) is 11.5. The van der Waals surface area contributed by atoms with Crippen molar-refractivity contribution in [2.45, 2.75) is 23.6 Å². The van der Waals surface area contributed by atoms with Gasteiger partial charge < -0.3 is 0 Å². The number of nitrogens with one attached hydrogen (secondary N) is 2. The van der Waals surface area contributed by atoms with E-state index in [1.54, 1.807) is 13.8 Å². The minimum atomic E-state index is -0.723. The van der Waals surface area contributed by atoms with Crippen molar-refractivity contribution in [3.63, 3.8) is 0 Å². The number of hydrogen-bond donors (Lipinski definition) is 2. The van der Waals surface area contributed by atoms with Gasteiger partial charge in [0, 0.05) is 21.9 Å². The van der Waals surface area contributed by atoms with Crippen LogP contribution in [-0.2, 0) is 0 Å². The number of benzene rings is 4. The zero-order valence-electron chi connectivity index (χ0n) is 23.4. The number of nitrogens with zero attached hydrogens (tertiary/aromatic N) is 6. The predicted octanol–water partition coefficient (Wildman–Crippen LogP) is 7.14. The van der Waals surface area contributed by atoms with Gasteiger partial charge in [0.05, 0.1) is 43.2 Å². The maximum Gasteiger partial charge on any atom is 0.301 e. The number of nitro groups is 4. The molecule has 0 atom stereocenters. The molecule has 0 saturated carbocycles. The minimum absolute atomic E-state index is 0.0179. The highest BCUT2D eigenvalue weighted by molar-refractivity contribution is 7.99. The van der Waals surface area contributed by atoms with Crippen LogP contribution in [0.4, 0.5) is 34.1 Å². The second kappa shape index (κ2) is 13.8. The summed E-state index contributed by atoms with van der Waals surface area (Å²) in [7, 11) is 0. The Morgan fingerprint density at radius 3 is 1.22 bits per heavy atom. The van der Waals surface area contributed by atoms with Gasteiger partial charge in [0.2, 0.25) is 0 Å². The Morgan fingerprint density at radius 1 is 0.556 bits per heavy atom. The molecule has 45 heavy (non-hydrogen) atoms. The van der Waals surface area contributed by atoms with Crippen LogP contribution in [0.15, 0.2) is 105 Å². The molecule has 0 heterocycles. The van der Waals surface area contributed by atoms with Gasteiger partial charge in [-0.2, -0.15) is 10.2 Å². The Hall–Kier alpha value is -6.23. The molecule has 0 aliphatic heterocycles. The van der Waals surface area contributed by atoms with Crippen LogP contribution in [0, 0.1) is 40.5 Å². The lowest BCUT2D eigenvalue weighted by atomic mass is 10.1. The molecule has 2 N–H and O–H groups in total.